The molecule has 5 rings (SSSR count). The van der Waals surface area contributed by atoms with Gasteiger partial charge in [-0.25, -0.2) is 4.98 Å². The van der Waals surface area contributed by atoms with E-state index < -0.39 is 0 Å². The van der Waals surface area contributed by atoms with Gasteiger partial charge in [0, 0.05) is 42.7 Å². The Morgan fingerprint density at radius 1 is 1.16 bits per heavy atom. The summed E-state index contributed by atoms with van der Waals surface area (Å²) in [5.74, 6) is 0.961. The molecular weight excluding hydrogens is 414 g/mol. The molecule has 3 amide bonds. The highest BCUT2D eigenvalue weighted by atomic mass is 32.1. The van der Waals surface area contributed by atoms with Gasteiger partial charge in [0.15, 0.2) is 0 Å². The van der Waals surface area contributed by atoms with Crippen LogP contribution in [0.4, 0.5) is 10.9 Å². The molecule has 2 aromatic rings. The van der Waals surface area contributed by atoms with Crippen LogP contribution in [0.25, 0.3) is 0 Å². The van der Waals surface area contributed by atoms with Crippen LogP contribution in [-0.2, 0) is 22.4 Å². The molecule has 0 spiro atoms. The van der Waals surface area contributed by atoms with Crippen LogP contribution in [0.5, 0.6) is 0 Å². The molecule has 9 heteroatoms. The molecule has 164 valence electrons. The molecule has 1 unspecified atom stereocenters. The number of thiophene rings is 1. The number of nitrogens with zero attached hydrogens (tertiary/aromatic N) is 2. The summed E-state index contributed by atoms with van der Waals surface area (Å²) in [6.45, 7) is 2.16. The first-order chi connectivity index (χ1) is 15.0. The summed E-state index contributed by atoms with van der Waals surface area (Å²) in [6.07, 6.45) is 10.1. The fourth-order valence-corrected chi connectivity index (χ4v) is 5.44. The van der Waals surface area contributed by atoms with Gasteiger partial charge in [-0.1, -0.05) is 0 Å². The fraction of sp³-hybridized carbons (Fsp3) is 0.545. The highest BCUT2D eigenvalue weighted by Gasteiger charge is 2.35. The van der Waals surface area contributed by atoms with E-state index in [1.165, 1.54) is 24.6 Å². The average Bonchev–Trinajstić information content (AvgIpc) is 3.65. The second kappa shape index (κ2) is 8.11. The third-order valence-electron chi connectivity index (χ3n) is 6.25. The van der Waals surface area contributed by atoms with Gasteiger partial charge in [0.1, 0.15) is 5.00 Å². The smallest absolute Gasteiger partial charge is 0.254 e. The number of anilines is 2. The van der Waals surface area contributed by atoms with Crippen molar-refractivity contribution in [3.63, 3.8) is 0 Å². The zero-order chi connectivity index (χ0) is 21.5. The van der Waals surface area contributed by atoms with Gasteiger partial charge in [-0.2, -0.15) is 0 Å². The zero-order valence-electron chi connectivity index (χ0n) is 17.6. The van der Waals surface area contributed by atoms with Crippen molar-refractivity contribution in [2.45, 2.75) is 57.9 Å². The van der Waals surface area contributed by atoms with E-state index in [2.05, 4.69) is 20.9 Å². The molecule has 0 aliphatic heterocycles. The lowest BCUT2D eigenvalue weighted by Crippen LogP contribution is -2.29. The molecule has 3 aliphatic carbocycles. The summed E-state index contributed by atoms with van der Waals surface area (Å²) in [5, 5.41) is 9.59. The first-order valence-corrected chi connectivity index (χ1v) is 11.8. The van der Waals surface area contributed by atoms with Crippen LogP contribution in [0.1, 0.15) is 65.9 Å². The largest absolute Gasteiger partial charge is 0.352 e. The number of amides is 3. The minimum atomic E-state index is -0.162. The Balaban J connectivity index is 1.43. The molecule has 0 saturated heterocycles. The van der Waals surface area contributed by atoms with E-state index in [0.717, 1.165) is 31.2 Å². The molecule has 2 aromatic heterocycles. The highest BCUT2D eigenvalue weighted by Crippen LogP contribution is 2.42. The van der Waals surface area contributed by atoms with Gasteiger partial charge in [-0.05, 0) is 56.4 Å². The molecule has 8 nitrogen and oxygen atoms in total. The lowest BCUT2D eigenvalue weighted by atomic mass is 9.91. The molecule has 2 heterocycles. The van der Waals surface area contributed by atoms with Crippen LogP contribution < -0.4 is 16.0 Å². The molecule has 3 aliphatic rings. The summed E-state index contributed by atoms with van der Waals surface area (Å²) < 4.78 is 1.98. The summed E-state index contributed by atoms with van der Waals surface area (Å²) in [5.41, 5.74) is 1.64. The Labute approximate surface area is 184 Å². The Hall–Kier alpha value is -2.68. The lowest BCUT2D eigenvalue weighted by Gasteiger charge is -2.25. The minimum Gasteiger partial charge on any atom is -0.352 e. The van der Waals surface area contributed by atoms with Gasteiger partial charge in [0.05, 0.1) is 5.56 Å². The normalized spacial score (nSPS) is 20.1. The van der Waals surface area contributed by atoms with Gasteiger partial charge in [0.2, 0.25) is 17.8 Å². The first kappa shape index (κ1) is 20.2. The third-order valence-corrected chi connectivity index (χ3v) is 7.45. The topological polar surface area (TPSA) is 105 Å². The maximum Gasteiger partial charge on any atom is 0.254 e. The van der Waals surface area contributed by atoms with E-state index in [0.29, 0.717) is 35.4 Å². The number of aryl methyl sites for hydroxylation is 1. The second-order valence-corrected chi connectivity index (χ2v) is 9.97. The van der Waals surface area contributed by atoms with Crippen molar-refractivity contribution in [1.29, 1.82) is 0 Å². The van der Waals surface area contributed by atoms with Crippen LogP contribution in [-0.4, -0.2) is 33.8 Å². The molecule has 31 heavy (non-hydrogen) atoms. The zero-order valence-corrected chi connectivity index (χ0v) is 18.4. The van der Waals surface area contributed by atoms with E-state index in [1.54, 1.807) is 17.5 Å². The van der Waals surface area contributed by atoms with Crippen molar-refractivity contribution >= 4 is 40.0 Å². The number of nitrogens with one attached hydrogen (secondary N) is 3. The lowest BCUT2D eigenvalue weighted by molar-refractivity contribution is -0.117. The van der Waals surface area contributed by atoms with Gasteiger partial charge in [-0.3, -0.25) is 19.7 Å². The maximum atomic E-state index is 13.2. The number of imidazole rings is 1. The summed E-state index contributed by atoms with van der Waals surface area (Å²) >= 11 is 1.54. The van der Waals surface area contributed by atoms with E-state index in [9.17, 15) is 14.4 Å². The van der Waals surface area contributed by atoms with Crippen molar-refractivity contribution in [1.82, 2.24) is 14.9 Å². The molecule has 2 fully saturated rings. The van der Waals surface area contributed by atoms with Crippen LogP contribution in [0.15, 0.2) is 12.4 Å². The molecule has 3 N–H and O–H groups in total. The molecule has 0 aromatic carbocycles. The third kappa shape index (κ3) is 4.37. The molecule has 2 saturated carbocycles. The standard InChI is InChI=1S/C22H27N5O3S/c1-12(28)25-22-23-8-9-27(22)15-6-7-17-16(10-15)18(20(30)24-11-13-2-3-13)21(31-17)26-19(29)14-4-5-14/h8-9,13-15H,2-7,10-11H2,1H3,(H,24,30)(H,26,29)(H,23,25,28). The number of aromatic nitrogens is 2. The Morgan fingerprint density at radius 2 is 1.97 bits per heavy atom. The number of hydrogen-bond acceptors (Lipinski definition) is 5. The molecule has 0 bridgehead atoms. The van der Waals surface area contributed by atoms with Crippen LogP contribution in [0.3, 0.4) is 0 Å². The van der Waals surface area contributed by atoms with E-state index in [1.807, 2.05) is 10.8 Å². The second-order valence-electron chi connectivity index (χ2n) is 8.86. The number of carbonyl (C=O) groups excluding carboxylic acids is 3. The van der Waals surface area contributed by atoms with Crippen molar-refractivity contribution in [2.24, 2.45) is 11.8 Å². The molecular formula is C22H27N5O3S. The van der Waals surface area contributed by atoms with Crippen molar-refractivity contribution < 1.29 is 14.4 Å². The predicted molar refractivity (Wildman–Crippen MR) is 118 cm³/mol. The van der Waals surface area contributed by atoms with Crippen molar-refractivity contribution in [3.8, 4) is 0 Å². The highest BCUT2D eigenvalue weighted by molar-refractivity contribution is 7.17. The number of fused-ring (bicyclic) bond motifs is 1. The molecule has 0 radical (unpaired) electrons. The van der Waals surface area contributed by atoms with Gasteiger partial charge < -0.3 is 15.2 Å². The number of rotatable bonds is 7. The Morgan fingerprint density at radius 3 is 2.68 bits per heavy atom. The minimum absolute atomic E-state index is 0.0222. The average molecular weight is 442 g/mol. The predicted octanol–water partition coefficient (Wildman–Crippen LogP) is 3.12. The maximum absolute atomic E-state index is 13.2. The Bertz CT molecular complexity index is 1030. The van der Waals surface area contributed by atoms with Gasteiger partial charge in [-0.15, -0.1) is 11.3 Å². The van der Waals surface area contributed by atoms with Crippen LogP contribution in [0.2, 0.25) is 0 Å². The van der Waals surface area contributed by atoms with Crippen molar-refractivity contribution in [2.75, 3.05) is 17.2 Å². The van der Waals surface area contributed by atoms with E-state index in [4.69, 9.17) is 0 Å². The Kier molecular flexibility index (Phi) is 5.29. The molecule has 1 atom stereocenters. The quantitative estimate of drug-likeness (QED) is 0.614. The van der Waals surface area contributed by atoms with Gasteiger partial charge in [0.25, 0.3) is 5.91 Å². The van der Waals surface area contributed by atoms with E-state index in [-0.39, 0.29) is 29.7 Å². The summed E-state index contributed by atoms with van der Waals surface area (Å²) in [7, 11) is 0. The monoisotopic (exact) mass is 441 g/mol. The van der Waals surface area contributed by atoms with Gasteiger partial charge >= 0.3 is 0 Å². The summed E-state index contributed by atoms with van der Waals surface area (Å²) in [6, 6.07) is 0.0911. The SMILES string of the molecule is CC(=O)Nc1nccn1C1CCc2sc(NC(=O)C3CC3)c(C(=O)NCC3CC3)c2C1. The number of hydrogen-bond donors (Lipinski definition) is 3. The van der Waals surface area contributed by atoms with Crippen LogP contribution in [0, 0.1) is 11.8 Å². The van der Waals surface area contributed by atoms with Crippen LogP contribution >= 0.6 is 11.3 Å². The summed E-state index contributed by atoms with van der Waals surface area (Å²) in [4.78, 5) is 42.6. The van der Waals surface area contributed by atoms with E-state index >= 15 is 0 Å². The van der Waals surface area contributed by atoms with Crippen molar-refractivity contribution in [3.05, 3.63) is 28.4 Å². The fourth-order valence-electron chi connectivity index (χ4n) is 4.20. The first-order valence-electron chi connectivity index (χ1n) is 11.0. The number of carbonyl (C=O) groups is 3.